The summed E-state index contributed by atoms with van der Waals surface area (Å²) in [7, 11) is 0. The van der Waals surface area contributed by atoms with Gasteiger partial charge in [-0.15, -0.1) is 0 Å². The fourth-order valence-corrected chi connectivity index (χ4v) is 2.62. The Morgan fingerprint density at radius 3 is 1.06 bits per heavy atom. The van der Waals surface area contributed by atoms with E-state index in [0.29, 0.717) is 0 Å². The Morgan fingerprint density at radius 1 is 0.611 bits per heavy atom. The summed E-state index contributed by atoms with van der Waals surface area (Å²) in [6, 6.07) is 0. The zero-order chi connectivity index (χ0) is 13.4. The van der Waals surface area contributed by atoms with Gasteiger partial charge in [0.15, 0.2) is 11.6 Å². The lowest BCUT2D eigenvalue weighted by molar-refractivity contribution is -0.113. The van der Waals surface area contributed by atoms with Crippen molar-refractivity contribution in [1.82, 2.24) is 0 Å². The van der Waals surface area contributed by atoms with Gasteiger partial charge in [0.2, 0.25) is 0 Å². The molecule has 94 valence electrons. The van der Waals surface area contributed by atoms with E-state index in [1.54, 1.807) is 0 Å². The second kappa shape index (κ2) is 4.52. The topological polar surface area (TPSA) is 34.1 Å². The monoisotopic (exact) mass is 242 g/mol. The van der Waals surface area contributed by atoms with Crippen LogP contribution in [-0.4, -0.2) is 11.6 Å². The van der Waals surface area contributed by atoms with Gasteiger partial charge in [-0.25, -0.2) is 0 Å². The first-order valence-corrected chi connectivity index (χ1v) is 6.23. The highest BCUT2D eigenvalue weighted by Gasteiger charge is 2.25. The van der Waals surface area contributed by atoms with Crippen LogP contribution in [0.15, 0.2) is 46.6 Å². The molecule has 0 aromatic carbocycles. The number of Topliss-reactive ketones (excluding diaryl/α,β-unsaturated/α-hetero) is 2. The molecule has 2 heteroatoms. The Labute approximate surface area is 108 Å². The molecule has 0 aromatic rings. The molecule has 0 radical (unpaired) electrons. The molecule has 2 rings (SSSR count). The van der Waals surface area contributed by atoms with Crippen molar-refractivity contribution in [1.29, 1.82) is 0 Å². The van der Waals surface area contributed by atoms with Gasteiger partial charge in [-0.3, -0.25) is 9.59 Å². The molecular formula is C16H18O2. The van der Waals surface area contributed by atoms with E-state index in [0.717, 1.165) is 22.3 Å². The number of allylic oxidation sites excluding steroid dienone is 8. The van der Waals surface area contributed by atoms with Gasteiger partial charge in [0, 0.05) is 11.8 Å². The van der Waals surface area contributed by atoms with E-state index in [4.69, 9.17) is 0 Å². The summed E-state index contributed by atoms with van der Waals surface area (Å²) in [5.41, 5.74) is 3.20. The summed E-state index contributed by atoms with van der Waals surface area (Å²) in [5, 5.41) is 0. The second-order valence-electron chi connectivity index (χ2n) is 5.21. The first kappa shape index (κ1) is 12.7. The second-order valence-corrected chi connectivity index (χ2v) is 5.21. The van der Waals surface area contributed by atoms with Crippen LogP contribution in [0.1, 0.15) is 27.7 Å². The molecule has 2 aliphatic rings. The minimum Gasteiger partial charge on any atom is -0.289 e. The Morgan fingerprint density at radius 2 is 0.833 bits per heavy atom. The van der Waals surface area contributed by atoms with E-state index in [9.17, 15) is 9.59 Å². The third kappa shape index (κ3) is 2.15. The number of rotatable bonds is 1. The lowest BCUT2D eigenvalue weighted by Crippen LogP contribution is -2.20. The van der Waals surface area contributed by atoms with Gasteiger partial charge in [-0.1, -0.05) is 24.3 Å². The van der Waals surface area contributed by atoms with Crippen molar-refractivity contribution in [3.05, 3.63) is 46.6 Å². The minimum atomic E-state index is 0.125. The van der Waals surface area contributed by atoms with Crippen molar-refractivity contribution in [3.63, 3.8) is 0 Å². The average molecular weight is 242 g/mol. The van der Waals surface area contributed by atoms with Crippen molar-refractivity contribution >= 4 is 11.6 Å². The van der Waals surface area contributed by atoms with Crippen molar-refractivity contribution in [2.75, 3.05) is 0 Å². The number of ketones is 2. The molecule has 0 heterocycles. The van der Waals surface area contributed by atoms with Crippen LogP contribution >= 0.6 is 0 Å². The molecule has 0 spiro atoms. The van der Waals surface area contributed by atoms with Gasteiger partial charge in [0.25, 0.3) is 0 Å². The first-order chi connectivity index (χ1) is 8.40. The molecule has 0 amide bonds. The average Bonchev–Trinajstić information content (AvgIpc) is 2.31. The third-order valence-electron chi connectivity index (χ3n) is 3.65. The highest BCUT2D eigenvalue weighted by molar-refractivity contribution is 6.09. The molecule has 0 unspecified atom stereocenters. The Balaban J connectivity index is 2.35. The van der Waals surface area contributed by atoms with E-state index < -0.39 is 0 Å². The van der Waals surface area contributed by atoms with Crippen molar-refractivity contribution in [2.45, 2.75) is 27.7 Å². The molecule has 0 saturated carbocycles. The third-order valence-corrected chi connectivity index (χ3v) is 3.65. The van der Waals surface area contributed by atoms with E-state index in [-0.39, 0.29) is 23.4 Å². The van der Waals surface area contributed by atoms with Gasteiger partial charge in [-0.05, 0) is 50.0 Å². The van der Waals surface area contributed by atoms with Crippen LogP contribution < -0.4 is 0 Å². The molecule has 0 aromatic heterocycles. The van der Waals surface area contributed by atoms with Gasteiger partial charge in [-0.2, -0.15) is 0 Å². The van der Waals surface area contributed by atoms with Gasteiger partial charge in [0.1, 0.15) is 0 Å². The fraction of sp³-hybridized carbons (Fsp3) is 0.375. The molecule has 2 aliphatic carbocycles. The van der Waals surface area contributed by atoms with E-state index in [1.807, 2.05) is 52.0 Å². The van der Waals surface area contributed by atoms with E-state index in [1.165, 1.54) is 0 Å². The van der Waals surface area contributed by atoms with E-state index >= 15 is 0 Å². The van der Waals surface area contributed by atoms with E-state index in [2.05, 4.69) is 0 Å². The normalized spacial score (nSPS) is 22.4. The SMILES string of the molecule is CC1=CC(C2C=C(C)C(=O)C(C)=C2)C=C(C)C1=O. The van der Waals surface area contributed by atoms with Crippen LogP contribution in [0, 0.1) is 11.8 Å². The lowest BCUT2D eigenvalue weighted by atomic mass is 9.79. The van der Waals surface area contributed by atoms with Crippen LogP contribution in [0.4, 0.5) is 0 Å². The van der Waals surface area contributed by atoms with Crippen LogP contribution in [-0.2, 0) is 9.59 Å². The quantitative estimate of drug-likeness (QED) is 0.707. The summed E-state index contributed by atoms with van der Waals surface area (Å²) in [5.74, 6) is 0.612. The summed E-state index contributed by atoms with van der Waals surface area (Å²) in [6.07, 6.45) is 8.01. The summed E-state index contributed by atoms with van der Waals surface area (Å²) < 4.78 is 0. The molecule has 18 heavy (non-hydrogen) atoms. The standard InChI is InChI=1S/C16H18O2/c1-9-5-13(6-10(2)15(9)17)14-7-11(3)16(18)12(4)8-14/h5-8,13-14H,1-4H3. The number of carbonyl (C=O) groups is 2. The van der Waals surface area contributed by atoms with Crippen LogP contribution in [0.2, 0.25) is 0 Å². The molecule has 0 N–H and O–H groups in total. The summed E-state index contributed by atoms with van der Waals surface area (Å²) in [4.78, 5) is 23.4. The van der Waals surface area contributed by atoms with Crippen LogP contribution in [0.5, 0.6) is 0 Å². The highest BCUT2D eigenvalue weighted by atomic mass is 16.1. The number of hydrogen-bond acceptors (Lipinski definition) is 2. The first-order valence-electron chi connectivity index (χ1n) is 6.23. The largest absolute Gasteiger partial charge is 0.289 e. The Kier molecular flexibility index (Phi) is 3.20. The Hall–Kier alpha value is -1.70. The van der Waals surface area contributed by atoms with Crippen LogP contribution in [0.3, 0.4) is 0 Å². The predicted molar refractivity (Wildman–Crippen MR) is 72.0 cm³/mol. The maximum absolute atomic E-state index is 11.7. The number of hydrogen-bond donors (Lipinski definition) is 0. The predicted octanol–water partition coefficient (Wildman–Crippen LogP) is 3.17. The van der Waals surface area contributed by atoms with Gasteiger partial charge >= 0.3 is 0 Å². The van der Waals surface area contributed by atoms with Crippen molar-refractivity contribution in [3.8, 4) is 0 Å². The Bertz CT molecular complexity index is 447. The van der Waals surface area contributed by atoms with Gasteiger partial charge < -0.3 is 0 Å². The summed E-state index contributed by atoms with van der Waals surface area (Å²) >= 11 is 0. The molecular weight excluding hydrogens is 224 g/mol. The molecule has 0 saturated heterocycles. The molecule has 0 atom stereocenters. The molecule has 0 aliphatic heterocycles. The van der Waals surface area contributed by atoms with Crippen molar-refractivity contribution in [2.24, 2.45) is 11.8 Å². The molecule has 2 nitrogen and oxygen atoms in total. The lowest BCUT2D eigenvalue weighted by Gasteiger charge is -2.24. The van der Waals surface area contributed by atoms with Gasteiger partial charge in [0.05, 0.1) is 0 Å². The van der Waals surface area contributed by atoms with Crippen molar-refractivity contribution < 1.29 is 9.59 Å². The molecule has 0 fully saturated rings. The fourth-order valence-electron chi connectivity index (χ4n) is 2.62. The smallest absolute Gasteiger partial charge is 0.183 e. The zero-order valence-corrected chi connectivity index (χ0v) is 11.3. The highest BCUT2D eigenvalue weighted by Crippen LogP contribution is 2.31. The summed E-state index contributed by atoms with van der Waals surface area (Å²) in [6.45, 7) is 7.42. The van der Waals surface area contributed by atoms with Crippen LogP contribution in [0.25, 0.3) is 0 Å². The number of carbonyl (C=O) groups excluding carboxylic acids is 2. The minimum absolute atomic E-state index is 0.125. The molecule has 0 bridgehead atoms. The maximum atomic E-state index is 11.7. The zero-order valence-electron chi connectivity index (χ0n) is 11.3. The maximum Gasteiger partial charge on any atom is 0.183 e.